The minimum absolute atomic E-state index is 0.592. The van der Waals surface area contributed by atoms with Crippen LogP contribution in [0.1, 0.15) is 42.4 Å². The summed E-state index contributed by atoms with van der Waals surface area (Å²) in [7, 11) is 1.94. The van der Waals surface area contributed by atoms with Gasteiger partial charge in [0, 0.05) is 57.1 Å². The Kier molecular flexibility index (Phi) is 5.08. The molecule has 0 spiro atoms. The van der Waals surface area contributed by atoms with Gasteiger partial charge in [-0.3, -0.25) is 14.5 Å². The Labute approximate surface area is 160 Å². The monoisotopic (exact) mass is 376 g/mol. The number of piperidine rings is 1. The van der Waals surface area contributed by atoms with Crippen molar-refractivity contribution < 1.29 is 0 Å². The highest BCUT2D eigenvalue weighted by Gasteiger charge is 2.35. The fourth-order valence-corrected chi connectivity index (χ4v) is 4.81. The van der Waals surface area contributed by atoms with E-state index in [9.17, 15) is 0 Å². The molecule has 0 saturated carbocycles. The summed E-state index contributed by atoms with van der Waals surface area (Å²) in [6, 6.07) is 0.592. The number of aryl methyl sites for hydroxylation is 3. The summed E-state index contributed by atoms with van der Waals surface area (Å²) in [5, 5.41) is 5.39. The summed E-state index contributed by atoms with van der Waals surface area (Å²) >= 11 is 6.55. The first kappa shape index (κ1) is 18.0. The van der Waals surface area contributed by atoms with E-state index < -0.39 is 0 Å². The van der Waals surface area contributed by atoms with Crippen molar-refractivity contribution in [1.82, 2.24) is 29.5 Å². The Morgan fingerprint density at radius 3 is 2.77 bits per heavy atom. The number of nitrogens with one attached hydrogen (secondary N) is 1. The molecule has 2 bridgehead atoms. The smallest absolute Gasteiger partial charge is 0.131 e. The summed E-state index contributed by atoms with van der Waals surface area (Å²) in [5.74, 6) is 0.730. The summed E-state index contributed by atoms with van der Waals surface area (Å²) in [5.41, 5.74) is 4.73. The molecule has 3 aliphatic rings. The molecule has 7 heteroatoms. The molecule has 3 fully saturated rings. The Balaban J connectivity index is 1.49. The van der Waals surface area contributed by atoms with Crippen molar-refractivity contribution >= 4 is 11.6 Å². The number of aromatic amines is 1. The normalized spacial score (nSPS) is 24.3. The van der Waals surface area contributed by atoms with Crippen LogP contribution in [0.15, 0.2) is 6.33 Å². The van der Waals surface area contributed by atoms with E-state index in [0.29, 0.717) is 6.04 Å². The fourth-order valence-electron chi connectivity index (χ4n) is 4.60. The van der Waals surface area contributed by atoms with Crippen LogP contribution in [0.25, 0.3) is 0 Å². The van der Waals surface area contributed by atoms with Gasteiger partial charge in [0.1, 0.15) is 5.15 Å². The van der Waals surface area contributed by atoms with Gasteiger partial charge < -0.3 is 4.98 Å². The molecular formula is C19H29ClN6. The number of hydrogen-bond acceptors (Lipinski definition) is 4. The van der Waals surface area contributed by atoms with Crippen LogP contribution in [-0.4, -0.2) is 55.2 Å². The lowest BCUT2D eigenvalue weighted by Gasteiger charge is -2.36. The van der Waals surface area contributed by atoms with Crippen molar-refractivity contribution in [3.8, 4) is 0 Å². The number of hydrogen-bond donors (Lipinski definition) is 1. The third-order valence-corrected chi connectivity index (χ3v) is 6.53. The highest BCUT2D eigenvalue weighted by Crippen LogP contribution is 2.32. The number of fused-ring (bicyclic) bond motifs is 4. The van der Waals surface area contributed by atoms with Crippen molar-refractivity contribution in [2.45, 2.75) is 52.2 Å². The van der Waals surface area contributed by atoms with Crippen LogP contribution in [0.5, 0.6) is 0 Å². The van der Waals surface area contributed by atoms with Crippen LogP contribution in [0, 0.1) is 12.8 Å². The molecule has 0 amide bonds. The Morgan fingerprint density at radius 2 is 2.04 bits per heavy atom. The lowest BCUT2D eigenvalue weighted by Crippen LogP contribution is -2.43. The van der Waals surface area contributed by atoms with E-state index in [1.807, 2.05) is 11.7 Å². The highest BCUT2D eigenvalue weighted by molar-refractivity contribution is 6.30. The van der Waals surface area contributed by atoms with Gasteiger partial charge in [-0.15, -0.1) is 0 Å². The van der Waals surface area contributed by atoms with Gasteiger partial charge in [-0.25, -0.2) is 4.98 Å². The fraction of sp³-hybridized carbons (Fsp3) is 0.684. The van der Waals surface area contributed by atoms with Gasteiger partial charge in [-0.1, -0.05) is 18.5 Å². The maximum absolute atomic E-state index is 6.55. The Hall–Kier alpha value is -1.37. The topological polar surface area (TPSA) is 53.0 Å². The first-order valence-electron chi connectivity index (χ1n) is 9.70. The predicted octanol–water partition coefficient (Wildman–Crippen LogP) is 2.76. The van der Waals surface area contributed by atoms with E-state index in [2.05, 4.69) is 38.7 Å². The van der Waals surface area contributed by atoms with Crippen molar-refractivity contribution in [1.29, 1.82) is 0 Å². The lowest BCUT2D eigenvalue weighted by molar-refractivity contribution is 0.122. The second-order valence-electron chi connectivity index (χ2n) is 7.89. The largest absolute Gasteiger partial charge is 0.348 e. The Bertz CT molecular complexity index is 766. The maximum Gasteiger partial charge on any atom is 0.131 e. The first-order chi connectivity index (χ1) is 12.5. The van der Waals surface area contributed by atoms with Crippen molar-refractivity contribution in [3.63, 3.8) is 0 Å². The number of H-pyrrole nitrogens is 1. The summed E-state index contributed by atoms with van der Waals surface area (Å²) in [4.78, 5) is 12.9. The summed E-state index contributed by atoms with van der Waals surface area (Å²) < 4.78 is 1.82. The van der Waals surface area contributed by atoms with Gasteiger partial charge in [0.15, 0.2) is 0 Å². The first-order valence-corrected chi connectivity index (χ1v) is 10.1. The minimum Gasteiger partial charge on any atom is -0.348 e. The molecule has 0 unspecified atom stereocenters. The van der Waals surface area contributed by atoms with E-state index in [4.69, 9.17) is 11.6 Å². The molecule has 0 radical (unpaired) electrons. The van der Waals surface area contributed by atoms with Gasteiger partial charge in [-0.2, -0.15) is 5.10 Å². The molecule has 5 heterocycles. The molecule has 26 heavy (non-hydrogen) atoms. The molecule has 2 atom stereocenters. The third-order valence-electron chi connectivity index (χ3n) is 6.06. The molecule has 3 saturated heterocycles. The van der Waals surface area contributed by atoms with Gasteiger partial charge in [0.2, 0.25) is 0 Å². The predicted molar refractivity (Wildman–Crippen MR) is 103 cm³/mol. The lowest BCUT2D eigenvalue weighted by atomic mass is 9.94. The second-order valence-corrected chi connectivity index (χ2v) is 8.25. The zero-order valence-corrected chi connectivity index (χ0v) is 16.8. The number of imidazole rings is 1. The van der Waals surface area contributed by atoms with Gasteiger partial charge in [0.25, 0.3) is 0 Å². The van der Waals surface area contributed by atoms with E-state index in [1.54, 1.807) is 6.33 Å². The standard InChI is InChI=1S/C19H29ClN6/c1-4-17-16(19(20)24(3)23-17)10-26-8-14-5-6-15(26)9-25(7-14)11-18-13(2)21-12-22-18/h12,14-15H,4-11H2,1-3H3,(H,21,22)/t14-,15+/m1/s1. The number of halogens is 1. The summed E-state index contributed by atoms with van der Waals surface area (Å²) in [6.07, 6.45) is 5.35. The molecular weight excluding hydrogens is 348 g/mol. The van der Waals surface area contributed by atoms with Crippen LogP contribution in [0.3, 0.4) is 0 Å². The van der Waals surface area contributed by atoms with Gasteiger partial charge >= 0.3 is 0 Å². The second kappa shape index (κ2) is 7.33. The van der Waals surface area contributed by atoms with E-state index in [1.165, 1.54) is 36.3 Å². The van der Waals surface area contributed by atoms with Crippen LogP contribution in [0.4, 0.5) is 0 Å². The molecule has 1 N–H and O–H groups in total. The van der Waals surface area contributed by atoms with E-state index in [0.717, 1.165) is 49.4 Å². The van der Waals surface area contributed by atoms with Crippen LogP contribution in [-0.2, 0) is 26.6 Å². The number of rotatable bonds is 5. The molecule has 3 aliphatic heterocycles. The average molecular weight is 377 g/mol. The van der Waals surface area contributed by atoms with Crippen LogP contribution >= 0.6 is 11.6 Å². The molecule has 2 aromatic heterocycles. The van der Waals surface area contributed by atoms with Gasteiger partial charge in [-0.05, 0) is 32.1 Å². The quantitative estimate of drug-likeness (QED) is 0.871. The molecule has 0 aromatic carbocycles. The van der Waals surface area contributed by atoms with Crippen molar-refractivity contribution in [2.24, 2.45) is 13.0 Å². The third kappa shape index (κ3) is 3.42. The zero-order valence-electron chi connectivity index (χ0n) is 16.0. The average Bonchev–Trinajstić information content (AvgIpc) is 3.00. The molecule has 5 rings (SSSR count). The molecule has 2 aromatic rings. The van der Waals surface area contributed by atoms with E-state index >= 15 is 0 Å². The van der Waals surface area contributed by atoms with Crippen LogP contribution in [0.2, 0.25) is 5.15 Å². The van der Waals surface area contributed by atoms with Crippen molar-refractivity contribution in [2.75, 3.05) is 19.6 Å². The SMILES string of the molecule is CCc1nn(C)c(Cl)c1CN1C[C@@H]2CC[C@H]1CN(Cc1nc[nH]c1C)C2. The number of aromatic nitrogens is 4. The maximum atomic E-state index is 6.55. The number of nitrogens with zero attached hydrogens (tertiary/aromatic N) is 5. The zero-order chi connectivity index (χ0) is 18.3. The summed E-state index contributed by atoms with van der Waals surface area (Å²) in [6.45, 7) is 9.58. The Morgan fingerprint density at radius 1 is 1.19 bits per heavy atom. The molecule has 0 aliphatic carbocycles. The van der Waals surface area contributed by atoms with E-state index in [-0.39, 0.29) is 0 Å². The highest BCUT2D eigenvalue weighted by atomic mass is 35.5. The molecule has 142 valence electrons. The molecule has 6 nitrogen and oxygen atoms in total. The van der Waals surface area contributed by atoms with Crippen molar-refractivity contribution in [3.05, 3.63) is 34.1 Å². The van der Waals surface area contributed by atoms with Crippen LogP contribution < -0.4 is 0 Å². The minimum atomic E-state index is 0.592. The van der Waals surface area contributed by atoms with Gasteiger partial charge in [0.05, 0.1) is 17.7 Å².